The van der Waals surface area contributed by atoms with Gasteiger partial charge in [-0.05, 0) is 53.3 Å². The van der Waals surface area contributed by atoms with Crippen LogP contribution < -0.4 is 10.1 Å². The summed E-state index contributed by atoms with van der Waals surface area (Å²) in [6.45, 7) is 1.22. The van der Waals surface area contributed by atoms with Crippen LogP contribution in [0.3, 0.4) is 0 Å². The number of nitrogens with zero attached hydrogens (tertiary/aromatic N) is 1. The minimum Gasteiger partial charge on any atom is -0.486 e. The first-order valence-electron chi connectivity index (χ1n) is 5.86. The Kier molecular flexibility index (Phi) is 5.36. The standard InChI is InChI=1S/C14H14Br2N2O/c1-17-8-11-3-2-4-12(18-11)9-19-14-6-5-10(15)7-13(14)16/h2-7,17H,8-9H2,1H3. The van der Waals surface area contributed by atoms with Crippen molar-refractivity contribution < 1.29 is 4.74 Å². The highest BCUT2D eigenvalue weighted by atomic mass is 79.9. The van der Waals surface area contributed by atoms with Crippen molar-refractivity contribution in [3.8, 4) is 5.75 Å². The number of rotatable bonds is 5. The number of benzene rings is 1. The number of hydrogen-bond donors (Lipinski definition) is 1. The topological polar surface area (TPSA) is 34.1 Å². The number of pyridine rings is 1. The highest BCUT2D eigenvalue weighted by Crippen LogP contribution is 2.28. The summed E-state index contributed by atoms with van der Waals surface area (Å²) in [4.78, 5) is 4.51. The molecule has 0 radical (unpaired) electrons. The van der Waals surface area contributed by atoms with Gasteiger partial charge in [-0.2, -0.15) is 0 Å². The summed E-state index contributed by atoms with van der Waals surface area (Å²) in [6, 6.07) is 11.8. The SMILES string of the molecule is CNCc1cccc(COc2ccc(Br)cc2Br)n1. The molecule has 100 valence electrons. The number of hydrogen-bond acceptors (Lipinski definition) is 3. The van der Waals surface area contributed by atoms with Crippen LogP contribution >= 0.6 is 31.9 Å². The van der Waals surface area contributed by atoms with Crippen molar-refractivity contribution in [3.05, 3.63) is 56.7 Å². The van der Waals surface area contributed by atoms with E-state index in [1.807, 2.05) is 43.4 Å². The normalized spacial score (nSPS) is 10.5. The smallest absolute Gasteiger partial charge is 0.134 e. The summed E-state index contributed by atoms with van der Waals surface area (Å²) < 4.78 is 7.70. The molecular formula is C14H14Br2N2O. The fourth-order valence-electron chi connectivity index (χ4n) is 1.63. The van der Waals surface area contributed by atoms with Crippen molar-refractivity contribution in [2.75, 3.05) is 7.05 Å². The molecule has 0 fully saturated rings. The predicted molar refractivity (Wildman–Crippen MR) is 83.2 cm³/mol. The van der Waals surface area contributed by atoms with Gasteiger partial charge in [0.25, 0.3) is 0 Å². The average molecular weight is 386 g/mol. The number of halogens is 2. The van der Waals surface area contributed by atoms with E-state index in [2.05, 4.69) is 42.2 Å². The van der Waals surface area contributed by atoms with Gasteiger partial charge >= 0.3 is 0 Å². The van der Waals surface area contributed by atoms with Gasteiger partial charge in [0.15, 0.2) is 0 Å². The fraction of sp³-hybridized carbons (Fsp3) is 0.214. The summed E-state index contributed by atoms with van der Waals surface area (Å²) in [7, 11) is 1.91. The van der Waals surface area contributed by atoms with E-state index in [0.717, 1.165) is 32.6 Å². The van der Waals surface area contributed by atoms with Crippen LogP contribution in [0.5, 0.6) is 5.75 Å². The van der Waals surface area contributed by atoms with Crippen molar-refractivity contribution >= 4 is 31.9 Å². The van der Waals surface area contributed by atoms with Crippen LogP contribution in [0.2, 0.25) is 0 Å². The Hall–Kier alpha value is -0.910. The van der Waals surface area contributed by atoms with E-state index in [9.17, 15) is 0 Å². The van der Waals surface area contributed by atoms with Gasteiger partial charge < -0.3 is 10.1 Å². The molecule has 0 saturated heterocycles. The highest BCUT2D eigenvalue weighted by Gasteiger charge is 2.03. The molecule has 0 aliphatic carbocycles. The molecule has 1 heterocycles. The zero-order valence-electron chi connectivity index (χ0n) is 10.5. The Balaban J connectivity index is 2.03. The van der Waals surface area contributed by atoms with Gasteiger partial charge in [0, 0.05) is 11.0 Å². The molecule has 0 unspecified atom stereocenters. The van der Waals surface area contributed by atoms with Gasteiger partial charge in [-0.1, -0.05) is 22.0 Å². The molecule has 1 N–H and O–H groups in total. The summed E-state index contributed by atoms with van der Waals surface area (Å²) >= 11 is 6.89. The fourth-order valence-corrected chi connectivity index (χ4v) is 2.79. The van der Waals surface area contributed by atoms with Crippen molar-refractivity contribution in [1.82, 2.24) is 10.3 Å². The third-order valence-corrected chi connectivity index (χ3v) is 3.60. The molecule has 0 aliphatic rings. The average Bonchev–Trinajstić information content (AvgIpc) is 2.38. The van der Waals surface area contributed by atoms with Crippen LogP contribution in [0.25, 0.3) is 0 Å². The first kappa shape index (κ1) is 14.5. The van der Waals surface area contributed by atoms with Crippen LogP contribution in [-0.4, -0.2) is 12.0 Å². The van der Waals surface area contributed by atoms with Crippen LogP contribution in [0.15, 0.2) is 45.3 Å². The Morgan fingerprint density at radius 2 is 1.95 bits per heavy atom. The van der Waals surface area contributed by atoms with Crippen molar-refractivity contribution in [1.29, 1.82) is 0 Å². The zero-order chi connectivity index (χ0) is 13.7. The Morgan fingerprint density at radius 3 is 2.68 bits per heavy atom. The van der Waals surface area contributed by atoms with Crippen LogP contribution in [-0.2, 0) is 13.2 Å². The Labute approximate surface area is 129 Å². The van der Waals surface area contributed by atoms with Crippen molar-refractivity contribution in [3.63, 3.8) is 0 Å². The molecule has 0 amide bonds. The third-order valence-electron chi connectivity index (χ3n) is 2.49. The number of nitrogens with one attached hydrogen (secondary N) is 1. The van der Waals surface area contributed by atoms with Gasteiger partial charge in [-0.25, -0.2) is 0 Å². The maximum absolute atomic E-state index is 5.76. The quantitative estimate of drug-likeness (QED) is 0.847. The molecule has 2 rings (SSSR count). The second kappa shape index (κ2) is 7.03. The molecule has 1 aromatic heterocycles. The van der Waals surface area contributed by atoms with Gasteiger partial charge in [0.1, 0.15) is 12.4 Å². The van der Waals surface area contributed by atoms with Gasteiger partial charge in [0.05, 0.1) is 15.9 Å². The maximum Gasteiger partial charge on any atom is 0.134 e. The van der Waals surface area contributed by atoms with Crippen LogP contribution in [0.1, 0.15) is 11.4 Å². The second-order valence-electron chi connectivity index (χ2n) is 4.01. The van der Waals surface area contributed by atoms with E-state index in [1.165, 1.54) is 0 Å². The maximum atomic E-state index is 5.76. The zero-order valence-corrected chi connectivity index (χ0v) is 13.7. The first-order valence-corrected chi connectivity index (χ1v) is 7.45. The molecule has 19 heavy (non-hydrogen) atoms. The molecule has 5 heteroatoms. The molecule has 0 spiro atoms. The largest absolute Gasteiger partial charge is 0.486 e. The van der Waals surface area contributed by atoms with E-state index in [1.54, 1.807) is 0 Å². The Bertz CT molecular complexity index is 561. The summed E-state index contributed by atoms with van der Waals surface area (Å²) in [6.07, 6.45) is 0. The van der Waals surface area contributed by atoms with Crippen LogP contribution in [0, 0.1) is 0 Å². The molecule has 0 aliphatic heterocycles. The van der Waals surface area contributed by atoms with E-state index in [0.29, 0.717) is 6.61 Å². The lowest BCUT2D eigenvalue weighted by Crippen LogP contribution is -2.08. The highest BCUT2D eigenvalue weighted by molar-refractivity contribution is 9.11. The molecule has 2 aromatic rings. The van der Waals surface area contributed by atoms with E-state index in [-0.39, 0.29) is 0 Å². The molecule has 3 nitrogen and oxygen atoms in total. The van der Waals surface area contributed by atoms with E-state index >= 15 is 0 Å². The minimum atomic E-state index is 0.456. The predicted octanol–water partition coefficient (Wildman–Crippen LogP) is 3.91. The van der Waals surface area contributed by atoms with Crippen molar-refractivity contribution in [2.24, 2.45) is 0 Å². The monoisotopic (exact) mass is 384 g/mol. The molecular weight excluding hydrogens is 372 g/mol. The van der Waals surface area contributed by atoms with Gasteiger partial charge in [0.2, 0.25) is 0 Å². The lowest BCUT2D eigenvalue weighted by atomic mass is 10.3. The van der Waals surface area contributed by atoms with Gasteiger partial charge in [-0.3, -0.25) is 4.98 Å². The summed E-state index contributed by atoms with van der Waals surface area (Å²) in [5.74, 6) is 0.809. The second-order valence-corrected chi connectivity index (χ2v) is 5.78. The lowest BCUT2D eigenvalue weighted by Gasteiger charge is -2.09. The molecule has 1 aromatic carbocycles. The van der Waals surface area contributed by atoms with E-state index < -0.39 is 0 Å². The first-order chi connectivity index (χ1) is 9.19. The molecule has 0 bridgehead atoms. The summed E-state index contributed by atoms with van der Waals surface area (Å²) in [5.41, 5.74) is 1.93. The van der Waals surface area contributed by atoms with Crippen molar-refractivity contribution in [2.45, 2.75) is 13.2 Å². The molecule has 0 saturated carbocycles. The lowest BCUT2D eigenvalue weighted by molar-refractivity contribution is 0.299. The van der Waals surface area contributed by atoms with Crippen LogP contribution in [0.4, 0.5) is 0 Å². The van der Waals surface area contributed by atoms with E-state index in [4.69, 9.17) is 4.74 Å². The Morgan fingerprint density at radius 1 is 1.16 bits per heavy atom. The van der Waals surface area contributed by atoms with Gasteiger partial charge in [-0.15, -0.1) is 0 Å². The number of ether oxygens (including phenoxy) is 1. The third kappa shape index (κ3) is 4.30. The minimum absolute atomic E-state index is 0.456. The molecule has 0 atom stereocenters. The summed E-state index contributed by atoms with van der Waals surface area (Å²) in [5, 5.41) is 3.08. The number of aromatic nitrogens is 1.